The molecule has 2 saturated heterocycles. The van der Waals surface area contributed by atoms with Gasteiger partial charge < -0.3 is 4.90 Å². The van der Waals surface area contributed by atoms with Crippen LogP contribution < -0.4 is 0 Å². The normalized spacial score (nSPS) is 23.6. The van der Waals surface area contributed by atoms with Crippen molar-refractivity contribution in [3.8, 4) is 0 Å². The van der Waals surface area contributed by atoms with Crippen LogP contribution in [0.4, 0.5) is 0 Å². The minimum Gasteiger partial charge on any atom is -0.305 e. The van der Waals surface area contributed by atoms with Crippen molar-refractivity contribution in [1.82, 2.24) is 14.7 Å². The van der Waals surface area contributed by atoms with Crippen LogP contribution in [-0.4, -0.2) is 72.1 Å². The summed E-state index contributed by atoms with van der Waals surface area (Å²) in [5.41, 5.74) is 0.756. The van der Waals surface area contributed by atoms with Crippen molar-refractivity contribution in [2.24, 2.45) is 0 Å². The lowest BCUT2D eigenvalue weighted by Gasteiger charge is -2.38. The Bertz CT molecular complexity index is 295. The largest absolute Gasteiger partial charge is 0.305 e. The highest BCUT2D eigenvalue weighted by atomic mass is 15.2. The fourth-order valence-corrected chi connectivity index (χ4v) is 3.28. The van der Waals surface area contributed by atoms with Crippen molar-refractivity contribution in [2.45, 2.75) is 78.3 Å². The maximum absolute atomic E-state index is 2.58. The van der Waals surface area contributed by atoms with E-state index in [9.17, 15) is 0 Å². The lowest BCUT2D eigenvalue weighted by atomic mass is 10.0. The molecule has 2 aliphatic rings. The summed E-state index contributed by atoms with van der Waals surface area (Å²) in [5.74, 6) is 0. The second-order valence-electron chi connectivity index (χ2n) is 9.03. The molecule has 3 nitrogen and oxygen atoms in total. The van der Waals surface area contributed by atoms with Gasteiger partial charge in [0.25, 0.3) is 0 Å². The summed E-state index contributed by atoms with van der Waals surface area (Å²) >= 11 is 0. The molecule has 0 bridgehead atoms. The van der Waals surface area contributed by atoms with Gasteiger partial charge in [0.05, 0.1) is 0 Å². The Hall–Kier alpha value is -0.120. The maximum atomic E-state index is 2.58. The first-order valence-corrected chi connectivity index (χ1v) is 9.29. The molecular weight excluding hydrogens is 270 g/mol. The molecule has 2 heterocycles. The molecule has 0 unspecified atom stereocenters. The Labute approximate surface area is 140 Å². The zero-order valence-corrected chi connectivity index (χ0v) is 16.4. The van der Waals surface area contributed by atoms with Crippen molar-refractivity contribution in [1.29, 1.82) is 0 Å². The van der Waals surface area contributed by atoms with Crippen molar-refractivity contribution in [3.05, 3.63) is 0 Å². The van der Waals surface area contributed by atoms with Gasteiger partial charge >= 0.3 is 0 Å². The fraction of sp³-hybridized carbons (Fsp3) is 1.00. The van der Waals surface area contributed by atoms with Crippen LogP contribution in [0.25, 0.3) is 0 Å². The minimum atomic E-state index is 0.352. The minimum absolute atomic E-state index is 0.352. The average molecular weight is 312 g/mol. The number of piperidine rings is 1. The van der Waals surface area contributed by atoms with E-state index in [1.54, 1.807) is 0 Å². The SMILES string of the molecule is CC(C)(C)N1CCCCC1.CN1CCCN(C(C)(C)C)CC1. The van der Waals surface area contributed by atoms with Crippen LogP contribution in [0.1, 0.15) is 67.2 Å². The van der Waals surface area contributed by atoms with E-state index in [0.717, 1.165) is 0 Å². The lowest BCUT2D eigenvalue weighted by Crippen LogP contribution is -2.44. The van der Waals surface area contributed by atoms with Crippen molar-refractivity contribution in [2.75, 3.05) is 46.3 Å². The first-order valence-electron chi connectivity index (χ1n) is 9.29. The van der Waals surface area contributed by atoms with Crippen LogP contribution in [0, 0.1) is 0 Å². The average Bonchev–Trinajstić information content (AvgIpc) is 2.64. The lowest BCUT2D eigenvalue weighted by molar-refractivity contribution is 0.111. The maximum Gasteiger partial charge on any atom is 0.0125 e. The molecule has 0 N–H and O–H groups in total. The van der Waals surface area contributed by atoms with E-state index < -0.39 is 0 Å². The highest BCUT2D eigenvalue weighted by molar-refractivity contribution is 4.79. The first-order chi connectivity index (χ1) is 10.1. The highest BCUT2D eigenvalue weighted by Crippen LogP contribution is 2.19. The summed E-state index contributed by atoms with van der Waals surface area (Å²) in [6.07, 6.45) is 5.55. The second-order valence-corrected chi connectivity index (χ2v) is 9.03. The van der Waals surface area contributed by atoms with Gasteiger partial charge in [-0.15, -0.1) is 0 Å². The molecule has 2 aliphatic heterocycles. The van der Waals surface area contributed by atoms with E-state index in [1.165, 1.54) is 65.0 Å². The third-order valence-electron chi connectivity index (χ3n) is 4.97. The quantitative estimate of drug-likeness (QED) is 0.675. The molecule has 0 saturated carbocycles. The fourth-order valence-electron chi connectivity index (χ4n) is 3.28. The third-order valence-corrected chi connectivity index (χ3v) is 4.97. The van der Waals surface area contributed by atoms with E-state index in [-0.39, 0.29) is 0 Å². The molecule has 3 heteroatoms. The van der Waals surface area contributed by atoms with Crippen LogP contribution in [0.5, 0.6) is 0 Å². The number of nitrogens with zero attached hydrogens (tertiary/aromatic N) is 3. The summed E-state index contributed by atoms with van der Waals surface area (Å²) in [6.45, 7) is 21.4. The molecule has 0 aliphatic carbocycles. The first kappa shape index (κ1) is 19.9. The van der Waals surface area contributed by atoms with E-state index >= 15 is 0 Å². The Morgan fingerprint density at radius 1 is 0.500 bits per heavy atom. The van der Waals surface area contributed by atoms with E-state index in [4.69, 9.17) is 0 Å². The summed E-state index contributed by atoms with van der Waals surface area (Å²) in [7, 11) is 2.21. The van der Waals surface area contributed by atoms with Gasteiger partial charge in [-0.3, -0.25) is 9.80 Å². The second kappa shape index (κ2) is 8.65. The third kappa shape index (κ3) is 7.43. The van der Waals surface area contributed by atoms with E-state index in [1.807, 2.05) is 0 Å². The van der Waals surface area contributed by atoms with Crippen molar-refractivity contribution in [3.63, 3.8) is 0 Å². The van der Waals surface area contributed by atoms with Gasteiger partial charge in [0.1, 0.15) is 0 Å². The van der Waals surface area contributed by atoms with Crippen LogP contribution >= 0.6 is 0 Å². The molecule has 0 spiro atoms. The monoisotopic (exact) mass is 311 g/mol. The van der Waals surface area contributed by atoms with Gasteiger partial charge in [0.15, 0.2) is 0 Å². The van der Waals surface area contributed by atoms with Crippen LogP contribution in [0.3, 0.4) is 0 Å². The Kier molecular flexibility index (Phi) is 7.84. The molecule has 0 aromatic rings. The highest BCUT2D eigenvalue weighted by Gasteiger charge is 2.23. The molecule has 0 radical (unpaired) electrons. The molecule has 0 amide bonds. The van der Waals surface area contributed by atoms with Crippen LogP contribution in [0.2, 0.25) is 0 Å². The van der Waals surface area contributed by atoms with Gasteiger partial charge in [0, 0.05) is 24.2 Å². The Morgan fingerprint density at radius 2 is 0.955 bits per heavy atom. The standard InChI is InChI=1S/C10H22N2.C9H19N/c1-10(2,3)12-7-5-6-11(4)8-9-12;1-9(2,3)10-7-5-4-6-8-10/h5-9H2,1-4H3;4-8H2,1-3H3. The molecule has 22 heavy (non-hydrogen) atoms. The number of hydrogen-bond donors (Lipinski definition) is 0. The predicted octanol–water partition coefficient (Wildman–Crippen LogP) is 3.69. The van der Waals surface area contributed by atoms with Crippen molar-refractivity contribution < 1.29 is 0 Å². The van der Waals surface area contributed by atoms with Gasteiger partial charge in [-0.05, 0) is 94.0 Å². The summed E-state index contributed by atoms with van der Waals surface area (Å²) in [5, 5.41) is 0. The molecular formula is C19H41N3. The summed E-state index contributed by atoms with van der Waals surface area (Å²) in [4.78, 5) is 7.58. The zero-order chi connectivity index (χ0) is 16.8. The zero-order valence-electron chi connectivity index (χ0n) is 16.4. The van der Waals surface area contributed by atoms with E-state index in [0.29, 0.717) is 11.1 Å². The predicted molar refractivity (Wildman–Crippen MR) is 98.6 cm³/mol. The molecule has 0 aromatic heterocycles. The summed E-state index contributed by atoms with van der Waals surface area (Å²) in [6, 6.07) is 0. The van der Waals surface area contributed by atoms with Crippen LogP contribution in [0.15, 0.2) is 0 Å². The molecule has 132 valence electrons. The van der Waals surface area contributed by atoms with Gasteiger partial charge in [0.2, 0.25) is 0 Å². The molecule has 0 atom stereocenters. The van der Waals surface area contributed by atoms with Gasteiger partial charge in [-0.2, -0.15) is 0 Å². The van der Waals surface area contributed by atoms with Crippen LogP contribution in [-0.2, 0) is 0 Å². The molecule has 0 aromatic carbocycles. The molecule has 2 fully saturated rings. The van der Waals surface area contributed by atoms with Gasteiger partial charge in [-0.25, -0.2) is 0 Å². The smallest absolute Gasteiger partial charge is 0.0125 e. The van der Waals surface area contributed by atoms with E-state index in [2.05, 4.69) is 63.3 Å². The number of hydrogen-bond acceptors (Lipinski definition) is 3. The Morgan fingerprint density at radius 3 is 1.41 bits per heavy atom. The Balaban J connectivity index is 0.000000224. The number of likely N-dealkylation sites (tertiary alicyclic amines) is 1. The number of rotatable bonds is 0. The van der Waals surface area contributed by atoms with Crippen molar-refractivity contribution >= 4 is 0 Å². The topological polar surface area (TPSA) is 9.72 Å². The van der Waals surface area contributed by atoms with Gasteiger partial charge in [-0.1, -0.05) is 6.42 Å². The number of likely N-dealkylation sites (N-methyl/N-ethyl adjacent to an activating group) is 1. The molecule has 2 rings (SSSR count). The summed E-state index contributed by atoms with van der Waals surface area (Å²) < 4.78 is 0.